The maximum Gasteiger partial charge on any atom is 0.323 e. The summed E-state index contributed by atoms with van der Waals surface area (Å²) in [4.78, 5) is 16.6. The molecule has 0 aliphatic carbocycles. The summed E-state index contributed by atoms with van der Waals surface area (Å²) in [6, 6.07) is 8.00. The van der Waals surface area contributed by atoms with Crippen LogP contribution in [0.4, 0.5) is 5.82 Å². The molecule has 1 heterocycles. The van der Waals surface area contributed by atoms with Gasteiger partial charge in [0.2, 0.25) is 0 Å². The molecule has 0 aliphatic rings. The summed E-state index contributed by atoms with van der Waals surface area (Å²) >= 11 is 0. The van der Waals surface area contributed by atoms with Crippen LogP contribution in [0.2, 0.25) is 0 Å². The van der Waals surface area contributed by atoms with Crippen LogP contribution in [-0.4, -0.2) is 29.7 Å². The molecule has 4 heteroatoms. The molecule has 2 aromatic rings. The normalized spacial score (nSPS) is 10.5. The molecule has 2 rings (SSSR count). The van der Waals surface area contributed by atoms with Crippen LogP contribution in [0, 0.1) is 6.92 Å². The van der Waals surface area contributed by atoms with E-state index in [1.807, 2.05) is 31.2 Å². The number of benzene rings is 1. The quantitative estimate of drug-likeness (QED) is 0.877. The van der Waals surface area contributed by atoms with E-state index >= 15 is 0 Å². The van der Waals surface area contributed by atoms with Gasteiger partial charge in [0, 0.05) is 18.6 Å². The van der Waals surface area contributed by atoms with Gasteiger partial charge in [-0.15, -0.1) is 0 Å². The fraction of sp³-hybridized carbons (Fsp3) is 0.231. The molecule has 0 spiro atoms. The van der Waals surface area contributed by atoms with E-state index in [1.165, 1.54) is 0 Å². The van der Waals surface area contributed by atoms with Crippen LogP contribution in [0.15, 0.2) is 30.5 Å². The van der Waals surface area contributed by atoms with Crippen LogP contribution in [0.3, 0.4) is 0 Å². The Hall–Kier alpha value is -2.10. The number of aliphatic carboxylic acids is 1. The van der Waals surface area contributed by atoms with Crippen molar-refractivity contribution in [2.45, 2.75) is 6.92 Å². The van der Waals surface area contributed by atoms with Gasteiger partial charge in [-0.25, -0.2) is 4.98 Å². The number of pyridine rings is 1. The number of carbonyl (C=O) groups is 1. The van der Waals surface area contributed by atoms with Crippen LogP contribution in [0.1, 0.15) is 5.56 Å². The molecule has 1 aromatic heterocycles. The van der Waals surface area contributed by atoms with E-state index in [4.69, 9.17) is 5.11 Å². The van der Waals surface area contributed by atoms with E-state index in [0.717, 1.165) is 16.3 Å². The van der Waals surface area contributed by atoms with Crippen LogP contribution in [0.25, 0.3) is 10.8 Å². The molecule has 0 radical (unpaired) electrons. The Bertz CT molecular complexity index is 566. The van der Waals surface area contributed by atoms with Crippen molar-refractivity contribution in [3.8, 4) is 0 Å². The molecule has 0 saturated carbocycles. The lowest BCUT2D eigenvalue weighted by Crippen LogP contribution is -2.26. The number of carboxylic acids is 1. The number of anilines is 1. The second-order valence-electron chi connectivity index (χ2n) is 4.11. The molecule has 0 bridgehead atoms. The maximum atomic E-state index is 10.7. The van der Waals surface area contributed by atoms with Gasteiger partial charge in [-0.05, 0) is 24.4 Å². The molecule has 88 valence electrons. The van der Waals surface area contributed by atoms with Crippen molar-refractivity contribution >= 4 is 22.6 Å². The van der Waals surface area contributed by atoms with E-state index in [2.05, 4.69) is 4.98 Å². The fourth-order valence-electron chi connectivity index (χ4n) is 1.85. The first-order valence-electron chi connectivity index (χ1n) is 5.36. The van der Waals surface area contributed by atoms with Gasteiger partial charge < -0.3 is 10.0 Å². The number of hydrogen-bond acceptors (Lipinski definition) is 3. The number of likely N-dealkylation sites (N-methyl/N-ethyl adjacent to an activating group) is 1. The van der Waals surface area contributed by atoms with E-state index < -0.39 is 5.97 Å². The minimum atomic E-state index is -0.862. The molecule has 0 aliphatic heterocycles. The summed E-state index contributed by atoms with van der Waals surface area (Å²) in [5, 5.41) is 10.9. The number of carboxylic acid groups (broad SMARTS) is 1. The van der Waals surface area contributed by atoms with Crippen molar-refractivity contribution in [3.63, 3.8) is 0 Å². The summed E-state index contributed by atoms with van der Waals surface area (Å²) < 4.78 is 0. The molecular weight excluding hydrogens is 216 g/mol. The van der Waals surface area contributed by atoms with E-state index in [0.29, 0.717) is 5.82 Å². The van der Waals surface area contributed by atoms with Crippen LogP contribution >= 0.6 is 0 Å². The highest BCUT2D eigenvalue weighted by Gasteiger charge is 2.10. The maximum absolute atomic E-state index is 10.7. The Labute approximate surface area is 99.5 Å². The summed E-state index contributed by atoms with van der Waals surface area (Å²) in [6.07, 6.45) is 1.70. The van der Waals surface area contributed by atoms with Gasteiger partial charge in [0.1, 0.15) is 12.4 Å². The summed E-state index contributed by atoms with van der Waals surface area (Å²) in [5.41, 5.74) is 1.13. The third kappa shape index (κ3) is 2.36. The first kappa shape index (κ1) is 11.4. The largest absolute Gasteiger partial charge is 0.480 e. The first-order valence-corrected chi connectivity index (χ1v) is 5.36. The molecule has 1 aromatic carbocycles. The Morgan fingerprint density at radius 3 is 2.88 bits per heavy atom. The second kappa shape index (κ2) is 4.41. The van der Waals surface area contributed by atoms with Gasteiger partial charge in [0.25, 0.3) is 0 Å². The molecule has 1 N–H and O–H groups in total. The van der Waals surface area contributed by atoms with Gasteiger partial charge in [0.15, 0.2) is 0 Å². The molecule has 0 unspecified atom stereocenters. The number of rotatable bonds is 3. The number of nitrogens with zero attached hydrogens (tertiary/aromatic N) is 2. The SMILES string of the molecule is Cc1ccc2ccnc(N(C)CC(=O)O)c2c1. The topological polar surface area (TPSA) is 53.4 Å². The minimum absolute atomic E-state index is 0.0555. The van der Waals surface area contributed by atoms with Gasteiger partial charge >= 0.3 is 5.97 Å². The number of fused-ring (bicyclic) bond motifs is 1. The van der Waals surface area contributed by atoms with Crippen molar-refractivity contribution in [2.24, 2.45) is 0 Å². The van der Waals surface area contributed by atoms with E-state index in [-0.39, 0.29) is 6.54 Å². The minimum Gasteiger partial charge on any atom is -0.480 e. The lowest BCUT2D eigenvalue weighted by atomic mass is 10.1. The Balaban J connectivity index is 2.52. The van der Waals surface area contributed by atoms with Crippen molar-refractivity contribution in [1.29, 1.82) is 0 Å². The highest BCUT2D eigenvalue weighted by atomic mass is 16.4. The second-order valence-corrected chi connectivity index (χ2v) is 4.11. The summed E-state index contributed by atoms with van der Waals surface area (Å²) in [6.45, 7) is 1.95. The third-order valence-electron chi connectivity index (χ3n) is 2.63. The molecule has 4 nitrogen and oxygen atoms in total. The molecule has 0 fully saturated rings. The highest BCUT2D eigenvalue weighted by Crippen LogP contribution is 2.24. The molecule has 0 atom stereocenters. The highest BCUT2D eigenvalue weighted by molar-refractivity contribution is 5.93. The lowest BCUT2D eigenvalue weighted by molar-refractivity contribution is -0.135. The predicted octanol–water partition coefficient (Wildman–Crippen LogP) is 2.06. The Morgan fingerprint density at radius 2 is 2.18 bits per heavy atom. The monoisotopic (exact) mass is 230 g/mol. The average molecular weight is 230 g/mol. The number of aromatic nitrogens is 1. The zero-order chi connectivity index (χ0) is 12.4. The summed E-state index contributed by atoms with van der Waals surface area (Å²) in [5.74, 6) is -0.160. The van der Waals surface area contributed by atoms with Crippen LogP contribution in [-0.2, 0) is 4.79 Å². The average Bonchev–Trinajstić information content (AvgIpc) is 2.27. The molecule has 0 amide bonds. The number of aryl methyl sites for hydroxylation is 1. The van der Waals surface area contributed by atoms with Gasteiger partial charge in [-0.2, -0.15) is 0 Å². The van der Waals surface area contributed by atoms with Crippen molar-refractivity contribution in [2.75, 3.05) is 18.5 Å². The Morgan fingerprint density at radius 1 is 1.41 bits per heavy atom. The summed E-state index contributed by atoms with van der Waals surface area (Å²) in [7, 11) is 1.73. The molecule has 0 saturated heterocycles. The van der Waals surface area contributed by atoms with E-state index in [9.17, 15) is 4.79 Å². The fourth-order valence-corrected chi connectivity index (χ4v) is 1.85. The third-order valence-corrected chi connectivity index (χ3v) is 2.63. The number of hydrogen-bond donors (Lipinski definition) is 1. The van der Waals surface area contributed by atoms with Crippen LogP contribution < -0.4 is 4.90 Å². The Kier molecular flexibility index (Phi) is 2.95. The van der Waals surface area contributed by atoms with E-state index in [1.54, 1.807) is 18.1 Å². The van der Waals surface area contributed by atoms with Gasteiger partial charge in [-0.3, -0.25) is 4.79 Å². The zero-order valence-corrected chi connectivity index (χ0v) is 9.84. The van der Waals surface area contributed by atoms with Crippen molar-refractivity contribution in [3.05, 3.63) is 36.0 Å². The van der Waals surface area contributed by atoms with Crippen molar-refractivity contribution < 1.29 is 9.90 Å². The molecular formula is C13H14N2O2. The lowest BCUT2D eigenvalue weighted by Gasteiger charge is -2.17. The zero-order valence-electron chi connectivity index (χ0n) is 9.84. The predicted molar refractivity (Wildman–Crippen MR) is 67.4 cm³/mol. The van der Waals surface area contributed by atoms with Crippen molar-refractivity contribution in [1.82, 2.24) is 4.98 Å². The standard InChI is InChI=1S/C13H14N2O2/c1-9-3-4-10-5-6-14-13(11(10)7-9)15(2)8-12(16)17/h3-7H,8H2,1-2H3,(H,16,17). The van der Waals surface area contributed by atoms with Gasteiger partial charge in [-0.1, -0.05) is 17.7 Å². The molecule has 17 heavy (non-hydrogen) atoms. The van der Waals surface area contributed by atoms with Gasteiger partial charge in [0.05, 0.1) is 0 Å². The first-order chi connectivity index (χ1) is 8.08. The smallest absolute Gasteiger partial charge is 0.323 e. The van der Waals surface area contributed by atoms with Crippen LogP contribution in [0.5, 0.6) is 0 Å².